The topological polar surface area (TPSA) is 38.8 Å². The monoisotopic (exact) mass is 401 g/mol. The summed E-state index contributed by atoms with van der Waals surface area (Å²) in [5, 5.41) is 0.326. The van der Waals surface area contributed by atoms with Crippen molar-refractivity contribution in [2.24, 2.45) is 5.92 Å². The van der Waals surface area contributed by atoms with Crippen LogP contribution in [0.25, 0.3) is 0 Å². The number of benzene rings is 2. The van der Waals surface area contributed by atoms with Gasteiger partial charge in [-0.05, 0) is 61.1 Å². The second-order valence-corrected chi connectivity index (χ2v) is 7.55. The first kappa shape index (κ1) is 18.8. The van der Waals surface area contributed by atoms with E-state index < -0.39 is 0 Å². The number of hydrogen-bond donors (Lipinski definition) is 0. The second-order valence-electron chi connectivity index (χ2n) is 7.14. The fourth-order valence-corrected chi connectivity index (χ4v) is 3.85. The molecule has 146 valence electrons. The lowest BCUT2D eigenvalue weighted by atomic mass is 9.93. The van der Waals surface area contributed by atoms with Gasteiger partial charge in [-0.25, -0.2) is 4.39 Å². The van der Waals surface area contributed by atoms with Crippen molar-refractivity contribution in [3.63, 3.8) is 0 Å². The molecular formula is C22H21ClFNO3. The molecule has 0 aromatic heterocycles. The van der Waals surface area contributed by atoms with Gasteiger partial charge in [0.15, 0.2) is 11.5 Å². The zero-order valence-electron chi connectivity index (χ0n) is 15.4. The minimum Gasteiger partial charge on any atom is -0.454 e. The van der Waals surface area contributed by atoms with Gasteiger partial charge in [-0.1, -0.05) is 29.8 Å². The first-order chi connectivity index (χ1) is 13.6. The predicted molar refractivity (Wildman–Crippen MR) is 105 cm³/mol. The van der Waals surface area contributed by atoms with Gasteiger partial charge in [0.1, 0.15) is 5.82 Å². The number of ether oxygens (including phenoxy) is 2. The highest BCUT2D eigenvalue weighted by Gasteiger charge is 2.24. The number of nitrogens with zero attached hydrogens (tertiary/aromatic N) is 1. The summed E-state index contributed by atoms with van der Waals surface area (Å²) in [7, 11) is 0. The van der Waals surface area contributed by atoms with Crippen LogP contribution in [-0.4, -0.2) is 24.1 Å². The lowest BCUT2D eigenvalue weighted by molar-refractivity contribution is 0.0710. The van der Waals surface area contributed by atoms with E-state index in [-0.39, 0.29) is 18.5 Å². The zero-order valence-corrected chi connectivity index (χ0v) is 16.1. The number of halogens is 2. The van der Waals surface area contributed by atoms with E-state index in [9.17, 15) is 9.18 Å². The van der Waals surface area contributed by atoms with Crippen LogP contribution in [0.3, 0.4) is 0 Å². The summed E-state index contributed by atoms with van der Waals surface area (Å²) in [5.41, 5.74) is 1.26. The summed E-state index contributed by atoms with van der Waals surface area (Å²) < 4.78 is 24.1. The van der Waals surface area contributed by atoms with E-state index in [4.69, 9.17) is 21.1 Å². The molecule has 2 aromatic rings. The van der Waals surface area contributed by atoms with Crippen LogP contribution in [0.5, 0.6) is 11.5 Å². The summed E-state index contributed by atoms with van der Waals surface area (Å²) in [4.78, 5) is 15.1. The molecular weight excluding hydrogens is 381 g/mol. The Morgan fingerprint density at radius 3 is 2.79 bits per heavy atom. The summed E-state index contributed by atoms with van der Waals surface area (Å²) in [5.74, 6) is 1.11. The molecule has 1 heterocycles. The van der Waals surface area contributed by atoms with Crippen molar-refractivity contribution in [1.29, 1.82) is 0 Å². The molecule has 0 fully saturated rings. The second kappa shape index (κ2) is 8.23. The van der Waals surface area contributed by atoms with E-state index in [1.165, 1.54) is 12.1 Å². The van der Waals surface area contributed by atoms with Crippen molar-refractivity contribution >= 4 is 17.5 Å². The van der Waals surface area contributed by atoms with Gasteiger partial charge in [-0.15, -0.1) is 0 Å². The number of carbonyl (C=O) groups excluding carboxylic acids is 1. The van der Waals surface area contributed by atoms with Gasteiger partial charge in [-0.2, -0.15) is 0 Å². The Morgan fingerprint density at radius 1 is 1.14 bits per heavy atom. The van der Waals surface area contributed by atoms with Crippen LogP contribution in [0, 0.1) is 11.7 Å². The van der Waals surface area contributed by atoms with E-state index in [0.717, 1.165) is 24.8 Å². The normalized spacial score (nSPS) is 17.6. The largest absolute Gasteiger partial charge is 0.454 e. The lowest BCUT2D eigenvalue weighted by Crippen LogP contribution is -2.35. The van der Waals surface area contributed by atoms with Crippen molar-refractivity contribution in [3.8, 4) is 11.5 Å². The Hall–Kier alpha value is -2.53. The lowest BCUT2D eigenvalue weighted by Gasteiger charge is -2.29. The van der Waals surface area contributed by atoms with Crippen LogP contribution < -0.4 is 9.47 Å². The van der Waals surface area contributed by atoms with Gasteiger partial charge in [0.25, 0.3) is 5.91 Å². The average Bonchev–Trinajstić information content (AvgIpc) is 3.17. The zero-order chi connectivity index (χ0) is 19.5. The number of fused-ring (bicyclic) bond motifs is 1. The van der Waals surface area contributed by atoms with Crippen LogP contribution >= 0.6 is 11.6 Å². The maximum absolute atomic E-state index is 13.4. The van der Waals surface area contributed by atoms with Crippen molar-refractivity contribution in [3.05, 3.63) is 70.5 Å². The fraction of sp³-hybridized carbons (Fsp3) is 0.318. The SMILES string of the molecule is O=C(c1ccc2c(c1)OCO2)N(Cc1ccc(F)cc1Cl)C[C@@H]1CC=CCC1. The molecule has 1 atom stereocenters. The molecule has 0 unspecified atom stereocenters. The van der Waals surface area contributed by atoms with E-state index in [1.54, 1.807) is 29.2 Å². The predicted octanol–water partition coefficient (Wildman–Crippen LogP) is 5.21. The molecule has 0 saturated heterocycles. The molecule has 4 rings (SSSR count). The Labute approximate surface area is 168 Å². The van der Waals surface area contributed by atoms with Gasteiger partial charge in [0.05, 0.1) is 0 Å². The van der Waals surface area contributed by atoms with E-state index in [1.807, 2.05) is 0 Å². The van der Waals surface area contributed by atoms with Gasteiger partial charge in [0, 0.05) is 23.7 Å². The molecule has 0 N–H and O–H groups in total. The van der Waals surface area contributed by atoms with Crippen LogP contribution in [-0.2, 0) is 6.54 Å². The van der Waals surface area contributed by atoms with Crippen LogP contribution in [0.1, 0.15) is 35.2 Å². The Morgan fingerprint density at radius 2 is 2.00 bits per heavy atom. The van der Waals surface area contributed by atoms with E-state index in [0.29, 0.717) is 41.1 Å². The third-order valence-corrected chi connectivity index (χ3v) is 5.49. The van der Waals surface area contributed by atoms with Crippen LogP contribution in [0.2, 0.25) is 5.02 Å². The van der Waals surface area contributed by atoms with Gasteiger partial charge in [-0.3, -0.25) is 4.79 Å². The van der Waals surface area contributed by atoms with E-state index >= 15 is 0 Å². The quantitative estimate of drug-likeness (QED) is 0.646. The molecule has 0 spiro atoms. The van der Waals surface area contributed by atoms with Crippen molar-refractivity contribution in [2.45, 2.75) is 25.8 Å². The molecule has 1 aliphatic heterocycles. The maximum Gasteiger partial charge on any atom is 0.254 e. The van der Waals surface area contributed by atoms with Crippen molar-refractivity contribution in [2.75, 3.05) is 13.3 Å². The van der Waals surface area contributed by atoms with Gasteiger partial charge in [0.2, 0.25) is 6.79 Å². The Balaban J connectivity index is 1.59. The standard InChI is InChI=1S/C22H21ClFNO3/c23-19-11-18(24)8-6-17(19)13-25(12-15-4-2-1-3-5-15)22(26)16-7-9-20-21(10-16)28-14-27-20/h1-2,6-11,15H,3-5,12-14H2/t15-/m1/s1. The Bertz CT molecular complexity index is 915. The third-order valence-electron chi connectivity index (χ3n) is 5.14. The molecule has 0 saturated carbocycles. The van der Waals surface area contributed by atoms with Crippen molar-refractivity contribution in [1.82, 2.24) is 4.90 Å². The summed E-state index contributed by atoms with van der Waals surface area (Å²) in [6.45, 7) is 1.11. The molecule has 4 nitrogen and oxygen atoms in total. The van der Waals surface area contributed by atoms with Gasteiger partial charge >= 0.3 is 0 Å². The molecule has 0 bridgehead atoms. The highest BCUT2D eigenvalue weighted by atomic mass is 35.5. The summed E-state index contributed by atoms with van der Waals surface area (Å²) in [6, 6.07) is 9.50. The first-order valence-electron chi connectivity index (χ1n) is 9.38. The minimum absolute atomic E-state index is 0.103. The van der Waals surface area contributed by atoms with Crippen LogP contribution in [0.15, 0.2) is 48.6 Å². The summed E-state index contributed by atoms with van der Waals surface area (Å²) >= 11 is 6.22. The van der Waals surface area contributed by atoms with Crippen molar-refractivity contribution < 1.29 is 18.7 Å². The third kappa shape index (κ3) is 4.14. The number of carbonyl (C=O) groups is 1. The van der Waals surface area contributed by atoms with E-state index in [2.05, 4.69) is 12.2 Å². The van der Waals surface area contributed by atoms with Gasteiger partial charge < -0.3 is 14.4 Å². The number of hydrogen-bond acceptors (Lipinski definition) is 3. The molecule has 6 heteroatoms. The molecule has 28 heavy (non-hydrogen) atoms. The minimum atomic E-state index is -0.389. The molecule has 2 aromatic carbocycles. The molecule has 1 amide bonds. The number of amides is 1. The fourth-order valence-electron chi connectivity index (χ4n) is 3.62. The highest BCUT2D eigenvalue weighted by molar-refractivity contribution is 6.31. The molecule has 2 aliphatic rings. The average molecular weight is 402 g/mol. The Kier molecular flexibility index (Phi) is 5.53. The van der Waals surface area contributed by atoms with Crippen LogP contribution in [0.4, 0.5) is 4.39 Å². The number of rotatable bonds is 5. The maximum atomic E-state index is 13.4. The molecule has 0 radical (unpaired) electrons. The summed E-state index contributed by atoms with van der Waals surface area (Å²) in [6.07, 6.45) is 7.36. The number of allylic oxidation sites excluding steroid dienone is 2. The first-order valence-corrected chi connectivity index (χ1v) is 9.76. The smallest absolute Gasteiger partial charge is 0.254 e. The highest BCUT2D eigenvalue weighted by Crippen LogP contribution is 2.33. The molecule has 1 aliphatic carbocycles.